The molecule has 1 heterocycles. The van der Waals surface area contributed by atoms with E-state index in [1.54, 1.807) is 38.1 Å². The van der Waals surface area contributed by atoms with Gasteiger partial charge in [-0.05, 0) is 12.1 Å². The zero-order valence-electron chi connectivity index (χ0n) is 17.2. The number of ether oxygens (including phenoxy) is 2. The number of fused-ring (bicyclic) bond motifs is 1. The van der Waals surface area contributed by atoms with Gasteiger partial charge in [-0.3, -0.25) is 14.4 Å². The van der Waals surface area contributed by atoms with E-state index < -0.39 is 45.9 Å². The molecule has 0 amide bonds. The van der Waals surface area contributed by atoms with Crippen molar-refractivity contribution in [1.29, 1.82) is 0 Å². The van der Waals surface area contributed by atoms with Gasteiger partial charge in [-0.2, -0.15) is 0 Å². The first-order valence-electron chi connectivity index (χ1n) is 9.43. The van der Waals surface area contributed by atoms with E-state index in [2.05, 4.69) is 4.74 Å². The van der Waals surface area contributed by atoms with Crippen LogP contribution in [0.3, 0.4) is 0 Å². The molecule has 0 aromatic heterocycles. The highest BCUT2D eigenvalue weighted by molar-refractivity contribution is 7.89. The van der Waals surface area contributed by atoms with Crippen molar-refractivity contribution in [2.24, 2.45) is 5.92 Å². The van der Waals surface area contributed by atoms with Crippen molar-refractivity contribution in [2.75, 3.05) is 13.7 Å². The van der Waals surface area contributed by atoms with E-state index in [-0.39, 0.29) is 21.8 Å². The van der Waals surface area contributed by atoms with Gasteiger partial charge < -0.3 is 9.47 Å². The molecule has 1 aliphatic rings. The highest BCUT2D eigenvalue weighted by Crippen LogP contribution is 2.39. The van der Waals surface area contributed by atoms with Gasteiger partial charge >= 0.3 is 11.9 Å². The number of Topliss-reactive ketones (excluding diaryl/α,β-unsaturated/α-hetero) is 1. The van der Waals surface area contributed by atoms with Crippen molar-refractivity contribution in [3.63, 3.8) is 0 Å². The third-order valence-electron chi connectivity index (χ3n) is 4.59. The maximum absolute atomic E-state index is 13.4. The molecule has 0 saturated carbocycles. The Hall–Kier alpha value is -3.46. The van der Waals surface area contributed by atoms with Gasteiger partial charge in [0, 0.05) is 11.1 Å². The molecule has 0 fully saturated rings. The van der Waals surface area contributed by atoms with Crippen molar-refractivity contribution in [2.45, 2.75) is 18.7 Å². The quantitative estimate of drug-likeness (QED) is 0.499. The van der Waals surface area contributed by atoms with Crippen molar-refractivity contribution >= 4 is 33.5 Å². The van der Waals surface area contributed by atoms with Crippen LogP contribution in [-0.4, -0.2) is 44.1 Å². The minimum absolute atomic E-state index is 0.0666. The van der Waals surface area contributed by atoms with Crippen LogP contribution in [-0.2, 0) is 29.1 Å². The van der Waals surface area contributed by atoms with E-state index in [1.807, 2.05) is 0 Å². The molecule has 0 bridgehead atoms. The molecule has 1 aliphatic heterocycles. The number of rotatable bonds is 6. The molecule has 0 spiro atoms. The molecule has 0 saturated heterocycles. The Balaban J connectivity index is 2.34. The monoisotopic (exact) mass is 443 g/mol. The summed E-state index contributed by atoms with van der Waals surface area (Å²) in [5.41, 5.74) is -0.193. The molecule has 0 atom stereocenters. The summed E-state index contributed by atoms with van der Waals surface area (Å²) in [6.45, 7) is 2.46. The fraction of sp³-hybridized carbons (Fsp3) is 0.227. The summed E-state index contributed by atoms with van der Waals surface area (Å²) in [4.78, 5) is 37.7. The number of nitrogens with zero attached hydrogens (tertiary/aromatic N) is 1. The van der Waals surface area contributed by atoms with Crippen LogP contribution in [0.25, 0.3) is 5.76 Å². The van der Waals surface area contributed by atoms with Crippen LogP contribution in [0.4, 0.5) is 0 Å². The SMILES string of the molecule is COC(=O)CN1C(C(=O)c2ccccc2)=C(OC(=O)C(C)C)c2ccccc2S1(=O)=O. The van der Waals surface area contributed by atoms with Crippen LogP contribution >= 0.6 is 0 Å². The number of sulfonamides is 1. The fourth-order valence-electron chi connectivity index (χ4n) is 2.97. The third kappa shape index (κ3) is 4.22. The summed E-state index contributed by atoms with van der Waals surface area (Å²) in [5, 5.41) is 0. The van der Waals surface area contributed by atoms with Crippen molar-refractivity contribution < 1.29 is 32.3 Å². The average Bonchev–Trinajstić information content (AvgIpc) is 2.77. The number of esters is 2. The fourth-order valence-corrected chi connectivity index (χ4v) is 4.58. The second-order valence-corrected chi connectivity index (χ2v) is 8.86. The normalized spacial score (nSPS) is 14.8. The minimum Gasteiger partial charge on any atom is -0.468 e. The summed E-state index contributed by atoms with van der Waals surface area (Å²) < 4.78 is 37.5. The maximum Gasteiger partial charge on any atom is 0.326 e. The Morgan fingerprint density at radius 1 is 0.968 bits per heavy atom. The Bertz CT molecular complexity index is 1170. The Labute approximate surface area is 180 Å². The first-order valence-corrected chi connectivity index (χ1v) is 10.9. The first-order chi connectivity index (χ1) is 14.7. The third-order valence-corrected chi connectivity index (χ3v) is 6.39. The van der Waals surface area contributed by atoms with E-state index >= 15 is 0 Å². The Morgan fingerprint density at radius 3 is 2.19 bits per heavy atom. The number of benzene rings is 2. The molecule has 0 N–H and O–H groups in total. The number of carbonyl (C=O) groups excluding carboxylic acids is 3. The predicted octanol–water partition coefficient (Wildman–Crippen LogP) is 2.61. The predicted molar refractivity (Wildman–Crippen MR) is 111 cm³/mol. The van der Waals surface area contributed by atoms with Gasteiger partial charge in [0.25, 0.3) is 10.0 Å². The zero-order chi connectivity index (χ0) is 22.8. The summed E-state index contributed by atoms with van der Waals surface area (Å²) in [6, 6.07) is 13.8. The van der Waals surface area contributed by atoms with E-state index in [4.69, 9.17) is 4.74 Å². The van der Waals surface area contributed by atoms with Gasteiger partial charge in [0.2, 0.25) is 5.78 Å². The number of hydrogen-bond donors (Lipinski definition) is 0. The lowest BCUT2D eigenvalue weighted by atomic mass is 10.0. The molecular weight excluding hydrogens is 422 g/mol. The highest BCUT2D eigenvalue weighted by atomic mass is 32.2. The molecular formula is C22H21NO7S. The molecule has 8 nitrogen and oxygen atoms in total. The van der Waals surface area contributed by atoms with Crippen molar-refractivity contribution in [3.05, 3.63) is 71.4 Å². The molecule has 2 aromatic carbocycles. The van der Waals surface area contributed by atoms with Gasteiger partial charge in [0.05, 0.1) is 17.9 Å². The number of allylic oxidation sites excluding steroid dienone is 1. The molecule has 9 heteroatoms. The molecule has 0 radical (unpaired) electrons. The van der Waals surface area contributed by atoms with Gasteiger partial charge in [-0.1, -0.05) is 56.3 Å². The highest BCUT2D eigenvalue weighted by Gasteiger charge is 2.43. The zero-order valence-corrected chi connectivity index (χ0v) is 18.0. The van der Waals surface area contributed by atoms with Gasteiger partial charge in [0.1, 0.15) is 12.2 Å². The summed E-state index contributed by atoms with van der Waals surface area (Å²) in [6.07, 6.45) is 0. The Morgan fingerprint density at radius 2 is 1.58 bits per heavy atom. The van der Waals surface area contributed by atoms with Crippen LogP contribution < -0.4 is 0 Å². The summed E-state index contributed by atoms with van der Waals surface area (Å²) in [7, 11) is -3.21. The standard InChI is InChI=1S/C22H21NO7S/c1-14(2)22(26)30-21-16-11-7-8-12-17(16)31(27,28)23(13-18(24)29-3)19(21)20(25)15-9-5-4-6-10-15/h4-12,14H,13H2,1-3H3. The lowest BCUT2D eigenvalue weighted by Gasteiger charge is -2.32. The maximum atomic E-state index is 13.4. The lowest BCUT2D eigenvalue weighted by Crippen LogP contribution is -2.42. The number of methoxy groups -OCH3 is 1. The second-order valence-electron chi connectivity index (χ2n) is 7.03. The second kappa shape index (κ2) is 8.73. The average molecular weight is 443 g/mol. The van der Waals surface area contributed by atoms with Crippen LogP contribution in [0, 0.1) is 5.92 Å². The Kier molecular flexibility index (Phi) is 6.26. The number of carbonyl (C=O) groups is 3. The van der Waals surface area contributed by atoms with E-state index in [9.17, 15) is 22.8 Å². The van der Waals surface area contributed by atoms with Crippen molar-refractivity contribution in [1.82, 2.24) is 4.31 Å². The molecule has 0 aliphatic carbocycles. The number of hydrogen-bond acceptors (Lipinski definition) is 7. The van der Waals surface area contributed by atoms with Crippen LogP contribution in [0.1, 0.15) is 29.8 Å². The van der Waals surface area contributed by atoms with E-state index in [0.717, 1.165) is 7.11 Å². The summed E-state index contributed by atoms with van der Waals surface area (Å²) >= 11 is 0. The molecule has 3 rings (SSSR count). The summed E-state index contributed by atoms with van der Waals surface area (Å²) in [5.74, 6) is -3.01. The van der Waals surface area contributed by atoms with Crippen LogP contribution in [0.2, 0.25) is 0 Å². The number of ketones is 1. The molecule has 162 valence electrons. The lowest BCUT2D eigenvalue weighted by molar-refractivity contribution is -0.140. The van der Waals surface area contributed by atoms with Gasteiger partial charge in [-0.15, -0.1) is 0 Å². The first kappa shape index (κ1) is 22.2. The van der Waals surface area contributed by atoms with Gasteiger partial charge in [-0.25, -0.2) is 12.7 Å². The van der Waals surface area contributed by atoms with Crippen molar-refractivity contribution in [3.8, 4) is 0 Å². The molecule has 0 unspecified atom stereocenters. The molecule has 31 heavy (non-hydrogen) atoms. The van der Waals surface area contributed by atoms with E-state index in [1.165, 1.54) is 30.3 Å². The van der Waals surface area contributed by atoms with Crippen LogP contribution in [0.15, 0.2) is 65.2 Å². The largest absolute Gasteiger partial charge is 0.468 e. The van der Waals surface area contributed by atoms with Crippen LogP contribution in [0.5, 0.6) is 0 Å². The van der Waals surface area contributed by atoms with Gasteiger partial charge in [0.15, 0.2) is 5.76 Å². The molecule has 2 aromatic rings. The minimum atomic E-state index is -4.32. The smallest absolute Gasteiger partial charge is 0.326 e. The topological polar surface area (TPSA) is 107 Å². The van der Waals surface area contributed by atoms with E-state index in [0.29, 0.717) is 4.31 Å².